The minimum Gasteiger partial charge on any atom is -0.409 e. The van der Waals surface area contributed by atoms with Gasteiger partial charge < -0.3 is 16.0 Å². The van der Waals surface area contributed by atoms with Crippen molar-refractivity contribution >= 4 is 5.84 Å². The molecule has 0 aliphatic carbocycles. The molecule has 0 aromatic carbocycles. The van der Waals surface area contributed by atoms with Gasteiger partial charge in [-0.25, -0.2) is 0 Å². The Bertz CT molecular complexity index is 196. The fourth-order valence-electron chi connectivity index (χ4n) is 1.87. The Balaban J connectivity index is 2.33. The highest BCUT2D eigenvalue weighted by Crippen LogP contribution is 2.16. The molecule has 1 atom stereocenters. The Morgan fingerprint density at radius 1 is 1.50 bits per heavy atom. The number of nitrogens with two attached hydrogens (primary N) is 1. The quantitative estimate of drug-likeness (QED) is 0.258. The van der Waals surface area contributed by atoms with Gasteiger partial charge in [-0.1, -0.05) is 11.6 Å². The molecule has 0 amide bonds. The van der Waals surface area contributed by atoms with Crippen LogP contribution in [0, 0.1) is 0 Å². The average molecular weight is 201 g/mol. The van der Waals surface area contributed by atoms with Crippen molar-refractivity contribution in [2.75, 3.05) is 19.7 Å². The first-order valence-electron chi connectivity index (χ1n) is 5.09. The minimum absolute atomic E-state index is 0.205. The molecule has 1 fully saturated rings. The largest absolute Gasteiger partial charge is 0.409 e. The molecule has 1 saturated heterocycles. The van der Waals surface area contributed by atoms with Crippen molar-refractivity contribution in [1.82, 2.24) is 4.90 Å². The van der Waals surface area contributed by atoms with E-state index in [-0.39, 0.29) is 18.5 Å². The fraction of sp³-hybridized carbons (Fsp3) is 0.889. The van der Waals surface area contributed by atoms with E-state index in [1.807, 2.05) is 0 Å². The molecule has 1 rings (SSSR count). The van der Waals surface area contributed by atoms with Crippen molar-refractivity contribution in [3.8, 4) is 0 Å². The highest BCUT2D eigenvalue weighted by molar-refractivity contribution is 5.79. The normalized spacial score (nSPS) is 25.2. The van der Waals surface area contributed by atoms with Gasteiger partial charge in [0.05, 0.1) is 6.61 Å². The van der Waals surface area contributed by atoms with Gasteiger partial charge in [0.2, 0.25) is 0 Å². The van der Waals surface area contributed by atoms with Crippen molar-refractivity contribution in [3.63, 3.8) is 0 Å². The van der Waals surface area contributed by atoms with Crippen LogP contribution in [-0.4, -0.2) is 46.8 Å². The van der Waals surface area contributed by atoms with Crippen molar-refractivity contribution < 1.29 is 10.3 Å². The van der Waals surface area contributed by atoms with E-state index in [1.54, 1.807) is 0 Å². The molecule has 0 radical (unpaired) electrons. The third-order valence-corrected chi connectivity index (χ3v) is 2.74. The number of likely N-dealkylation sites (tertiary alicyclic amines) is 1. The summed E-state index contributed by atoms with van der Waals surface area (Å²) in [5.41, 5.74) is 5.39. The molecule has 14 heavy (non-hydrogen) atoms. The Labute approximate surface area is 84.2 Å². The SMILES string of the molecule is N/C(CCN1CCCCC1CO)=N\O. The number of oxime groups is 1. The summed E-state index contributed by atoms with van der Waals surface area (Å²) in [7, 11) is 0. The topological polar surface area (TPSA) is 82.1 Å². The summed E-state index contributed by atoms with van der Waals surface area (Å²) in [6, 6.07) is 0.259. The molecular weight excluding hydrogens is 182 g/mol. The standard InChI is InChI=1S/C9H19N3O2/c10-9(11-14)4-6-12-5-2-1-3-8(12)7-13/h8,13-14H,1-7H2,(H2,10,11). The van der Waals surface area contributed by atoms with E-state index in [9.17, 15) is 0 Å². The van der Waals surface area contributed by atoms with Gasteiger partial charge in [-0.05, 0) is 19.4 Å². The maximum atomic E-state index is 9.13. The van der Waals surface area contributed by atoms with Crippen LogP contribution in [0.5, 0.6) is 0 Å². The van der Waals surface area contributed by atoms with Crippen molar-refractivity contribution in [2.24, 2.45) is 10.9 Å². The van der Waals surface area contributed by atoms with Crippen molar-refractivity contribution in [3.05, 3.63) is 0 Å². The molecule has 0 aromatic heterocycles. The number of aliphatic hydroxyl groups is 1. The second-order valence-electron chi connectivity index (χ2n) is 3.71. The number of nitrogens with zero attached hydrogens (tertiary/aromatic N) is 2. The maximum Gasteiger partial charge on any atom is 0.140 e. The van der Waals surface area contributed by atoms with Gasteiger partial charge in [-0.3, -0.25) is 4.90 Å². The van der Waals surface area contributed by atoms with Gasteiger partial charge in [-0.2, -0.15) is 0 Å². The van der Waals surface area contributed by atoms with E-state index in [0.29, 0.717) is 6.42 Å². The molecule has 4 N–H and O–H groups in total. The second kappa shape index (κ2) is 5.82. The Kier molecular flexibility index (Phi) is 4.69. The molecule has 1 heterocycles. The first kappa shape index (κ1) is 11.3. The van der Waals surface area contributed by atoms with Crippen LogP contribution in [0.3, 0.4) is 0 Å². The van der Waals surface area contributed by atoms with Gasteiger partial charge >= 0.3 is 0 Å². The molecule has 82 valence electrons. The number of hydrogen-bond acceptors (Lipinski definition) is 4. The number of rotatable bonds is 4. The second-order valence-corrected chi connectivity index (χ2v) is 3.71. The van der Waals surface area contributed by atoms with Gasteiger partial charge in [-0.15, -0.1) is 0 Å². The van der Waals surface area contributed by atoms with E-state index < -0.39 is 0 Å². The van der Waals surface area contributed by atoms with Crippen LogP contribution in [-0.2, 0) is 0 Å². The zero-order valence-corrected chi connectivity index (χ0v) is 8.39. The zero-order chi connectivity index (χ0) is 10.4. The number of piperidine rings is 1. The van der Waals surface area contributed by atoms with Crippen LogP contribution in [0.25, 0.3) is 0 Å². The van der Waals surface area contributed by atoms with E-state index in [1.165, 1.54) is 12.8 Å². The van der Waals surface area contributed by atoms with Crippen LogP contribution in [0.15, 0.2) is 5.16 Å². The summed E-state index contributed by atoms with van der Waals surface area (Å²) >= 11 is 0. The lowest BCUT2D eigenvalue weighted by Gasteiger charge is -2.34. The third-order valence-electron chi connectivity index (χ3n) is 2.74. The fourth-order valence-corrected chi connectivity index (χ4v) is 1.87. The maximum absolute atomic E-state index is 9.13. The average Bonchev–Trinajstić information content (AvgIpc) is 2.26. The summed E-state index contributed by atoms with van der Waals surface area (Å²) in [4.78, 5) is 2.21. The first-order valence-corrected chi connectivity index (χ1v) is 5.09. The lowest BCUT2D eigenvalue weighted by atomic mass is 10.0. The van der Waals surface area contributed by atoms with Crippen LogP contribution in [0.1, 0.15) is 25.7 Å². The first-order chi connectivity index (χ1) is 6.77. The minimum atomic E-state index is 0.205. The van der Waals surface area contributed by atoms with Gasteiger partial charge in [0.15, 0.2) is 0 Å². The Morgan fingerprint density at radius 2 is 2.29 bits per heavy atom. The predicted octanol–water partition coefficient (Wildman–Crippen LogP) is -0.0303. The number of aliphatic hydroxyl groups excluding tert-OH is 1. The molecule has 0 bridgehead atoms. The highest BCUT2D eigenvalue weighted by Gasteiger charge is 2.21. The molecular formula is C9H19N3O2. The van der Waals surface area contributed by atoms with E-state index in [4.69, 9.17) is 16.0 Å². The summed E-state index contributed by atoms with van der Waals surface area (Å²) in [5.74, 6) is 0.257. The van der Waals surface area contributed by atoms with Gasteiger partial charge in [0, 0.05) is 19.0 Å². The summed E-state index contributed by atoms with van der Waals surface area (Å²) in [6.07, 6.45) is 3.97. The number of amidine groups is 1. The number of hydrogen-bond donors (Lipinski definition) is 3. The molecule has 0 aromatic rings. The van der Waals surface area contributed by atoms with Crippen molar-refractivity contribution in [2.45, 2.75) is 31.7 Å². The summed E-state index contributed by atoms with van der Waals surface area (Å²) < 4.78 is 0. The van der Waals surface area contributed by atoms with E-state index in [0.717, 1.165) is 19.5 Å². The molecule has 1 unspecified atom stereocenters. The van der Waals surface area contributed by atoms with Crippen LogP contribution >= 0.6 is 0 Å². The van der Waals surface area contributed by atoms with Crippen LogP contribution in [0.2, 0.25) is 0 Å². The highest BCUT2D eigenvalue weighted by atomic mass is 16.4. The molecule has 5 heteroatoms. The molecule has 5 nitrogen and oxygen atoms in total. The summed E-state index contributed by atoms with van der Waals surface area (Å²) in [6.45, 7) is 1.97. The molecule has 0 spiro atoms. The van der Waals surface area contributed by atoms with Crippen molar-refractivity contribution in [1.29, 1.82) is 0 Å². The lowest BCUT2D eigenvalue weighted by molar-refractivity contribution is 0.0926. The predicted molar refractivity (Wildman–Crippen MR) is 54.3 cm³/mol. The van der Waals surface area contributed by atoms with Gasteiger partial charge in [0.1, 0.15) is 5.84 Å². The molecule has 1 aliphatic heterocycles. The third kappa shape index (κ3) is 3.16. The van der Waals surface area contributed by atoms with Crippen LogP contribution < -0.4 is 5.73 Å². The zero-order valence-electron chi connectivity index (χ0n) is 8.39. The molecule has 0 saturated carbocycles. The van der Waals surface area contributed by atoms with E-state index >= 15 is 0 Å². The van der Waals surface area contributed by atoms with Gasteiger partial charge in [0.25, 0.3) is 0 Å². The lowest BCUT2D eigenvalue weighted by Crippen LogP contribution is -2.43. The monoisotopic (exact) mass is 201 g/mol. The van der Waals surface area contributed by atoms with Crippen LogP contribution in [0.4, 0.5) is 0 Å². The Morgan fingerprint density at radius 3 is 2.93 bits per heavy atom. The molecule has 1 aliphatic rings. The Hall–Kier alpha value is -0.810. The van der Waals surface area contributed by atoms with E-state index in [2.05, 4.69) is 10.1 Å². The smallest absolute Gasteiger partial charge is 0.140 e. The summed E-state index contributed by atoms with van der Waals surface area (Å²) in [5, 5.41) is 20.4.